The predicted molar refractivity (Wildman–Crippen MR) is 433 cm³/mol. The lowest BCUT2D eigenvalue weighted by Crippen LogP contribution is -2.24. The predicted octanol–water partition coefficient (Wildman–Crippen LogP) is 14.4. The highest BCUT2D eigenvalue weighted by atomic mass is 35.5. The first-order valence-corrected chi connectivity index (χ1v) is 40.4. The Bertz CT molecular complexity index is 6510. The second-order valence-corrected chi connectivity index (χ2v) is 32.6. The molecule has 15 aromatic rings. The molecule has 566 valence electrons. The summed E-state index contributed by atoms with van der Waals surface area (Å²) in [6.45, 7) is 6.46. The molecule has 0 amide bonds. The summed E-state index contributed by atoms with van der Waals surface area (Å²) in [5.41, 5.74) is 13.3. The van der Waals surface area contributed by atoms with Crippen molar-refractivity contribution < 1.29 is 35.8 Å². The maximum Gasteiger partial charge on any atom is 0.334 e. The molecule has 0 spiro atoms. The van der Waals surface area contributed by atoms with E-state index in [0.29, 0.717) is 94.2 Å². The molecule has 110 heavy (non-hydrogen) atoms. The zero-order chi connectivity index (χ0) is 77.9. The van der Waals surface area contributed by atoms with Crippen LogP contribution in [0.25, 0.3) is 82.9 Å². The molecule has 0 bridgehead atoms. The summed E-state index contributed by atoms with van der Waals surface area (Å²) in [4.78, 5) is 54.4. The summed E-state index contributed by atoms with van der Waals surface area (Å²) >= 11 is 18.7. The Hall–Kier alpha value is -11.3. The molecule has 0 fully saturated rings. The average molecular weight is 1580 g/mol. The molecule has 6 aromatic carbocycles. The lowest BCUT2D eigenvalue weighted by Gasteiger charge is -2.12. The first-order valence-electron chi connectivity index (χ1n) is 35.1. The molecule has 9 aromatic heterocycles. The lowest BCUT2D eigenvalue weighted by atomic mass is 10.2. The third-order valence-corrected chi connectivity index (χ3v) is 22.1. The minimum Gasteiger partial charge on any atom is -0.496 e. The smallest absolute Gasteiger partial charge is 0.334 e. The molecule has 0 radical (unpaired) electrons. The van der Waals surface area contributed by atoms with Gasteiger partial charge in [0.1, 0.15) is 31.2 Å². The summed E-state index contributed by atoms with van der Waals surface area (Å²) in [6, 6.07) is 47.4. The van der Waals surface area contributed by atoms with Crippen LogP contribution in [0.15, 0.2) is 197 Å². The highest BCUT2D eigenvalue weighted by molar-refractivity contribution is 7.90. The van der Waals surface area contributed by atoms with Crippen LogP contribution in [0.3, 0.4) is 0 Å². The fourth-order valence-corrected chi connectivity index (χ4v) is 16.2. The van der Waals surface area contributed by atoms with Crippen LogP contribution in [-0.4, -0.2) is 125 Å². The van der Waals surface area contributed by atoms with E-state index < -0.39 is 19.7 Å². The number of nitriles is 1. The van der Waals surface area contributed by atoms with Gasteiger partial charge in [0.2, 0.25) is 0 Å². The molecule has 0 saturated heterocycles. The Balaban J connectivity index is 0.000000145. The number of unbranched alkanes of at least 4 members (excludes halogenated alkanes) is 1. The Kier molecular flexibility index (Phi) is 22.7. The molecule has 15 rings (SSSR count). The molecule has 29 heteroatoms. The first kappa shape index (κ1) is 76.8. The maximum absolute atomic E-state index is 13.9. The summed E-state index contributed by atoms with van der Waals surface area (Å²) < 4.78 is 85.0. The summed E-state index contributed by atoms with van der Waals surface area (Å²) in [7, 11) is 0.166. The van der Waals surface area contributed by atoms with E-state index in [1.807, 2.05) is 123 Å². The minimum atomic E-state index is -3.10. The molecule has 9 heterocycles. The van der Waals surface area contributed by atoms with Gasteiger partial charge in [-0.25, -0.2) is 31.2 Å². The molecule has 0 aliphatic heterocycles. The minimum absolute atomic E-state index is 0.0716. The number of benzene rings is 6. The zero-order valence-corrected chi connectivity index (χ0v) is 65.5. The number of hydrogen-bond acceptors (Lipinski definition) is 15. The Labute approximate surface area is 648 Å². The Morgan fingerprint density at radius 2 is 0.709 bits per heavy atom. The van der Waals surface area contributed by atoms with Gasteiger partial charge < -0.3 is 32.6 Å². The van der Waals surface area contributed by atoms with E-state index >= 15 is 0 Å². The molecule has 0 unspecified atom stereocenters. The van der Waals surface area contributed by atoms with Crippen molar-refractivity contribution in [2.45, 2.75) is 78.8 Å². The molecular formula is C81H78Cl3N13O11S2. The van der Waals surface area contributed by atoms with Crippen LogP contribution in [0, 0.1) is 25.2 Å². The van der Waals surface area contributed by atoms with Gasteiger partial charge in [0.25, 0.3) is 0 Å². The van der Waals surface area contributed by atoms with E-state index in [2.05, 4.69) is 40.8 Å². The van der Waals surface area contributed by atoms with E-state index in [1.165, 1.54) is 12.5 Å². The SMILES string of the molecule is COc1ccc(-n2c(=O)n(Cc3cc4cc(Cl)ccc4n3CCCC#N)c3cnccc32)cc1C.COc1ccc(-n2c(=O)n(Cc3cc4cc(Cl)ccc4n3CCCS(C)(=O)=O)c3cnccc32)cc1C.COc1ccc(-n2c(=O)n(Cc3cc4cc(Cl)ccc4n3CCCS(C)(=O)=O)c3cnccc32)cc1OC. The van der Waals surface area contributed by atoms with Crippen molar-refractivity contribution in [3.8, 4) is 46.1 Å². The van der Waals surface area contributed by atoms with E-state index in [9.17, 15) is 31.2 Å². The van der Waals surface area contributed by atoms with Gasteiger partial charge in [-0.2, -0.15) is 5.26 Å². The van der Waals surface area contributed by atoms with Gasteiger partial charge in [0.05, 0.1) is 134 Å². The molecule has 0 aliphatic rings. The summed E-state index contributed by atoms with van der Waals surface area (Å²) in [5.74, 6) is 2.75. The monoisotopic (exact) mass is 1580 g/mol. The fourth-order valence-electron chi connectivity index (χ4n) is 14.3. The highest BCUT2D eigenvalue weighted by Gasteiger charge is 2.24. The number of hydrogen-bond donors (Lipinski definition) is 0. The zero-order valence-electron chi connectivity index (χ0n) is 61.6. The van der Waals surface area contributed by atoms with Crippen LogP contribution in [0.2, 0.25) is 15.1 Å². The van der Waals surface area contributed by atoms with E-state index in [0.717, 1.165) is 107 Å². The number of fused-ring (bicyclic) bond motifs is 6. The third kappa shape index (κ3) is 16.1. The maximum atomic E-state index is 13.9. The number of pyridine rings is 3. The number of nitrogens with zero attached hydrogens (tertiary/aromatic N) is 13. The number of sulfone groups is 2. The second-order valence-electron chi connectivity index (χ2n) is 26.8. The standard InChI is InChI=1S/C27H24ClN5O2.C27H27ClN4O5S.C27H27ClN4O4S/c1-18-13-21(6-8-26(18)35-2)33-24-9-11-30-16-25(24)32(27(33)34)17-22-15-19-14-20(28)5-7-23(19)31(22)12-4-3-10-29;1-36-25-8-6-20(15-26(25)37-2)32-23-9-10-29-16-24(23)31(27(32)33)17-21-14-18-13-19(28)5-7-22(18)30(21)11-4-12-38(3,34)35;1-18-13-21(6-8-26(18)36-2)32-24-9-10-29-16-25(24)31(27(32)33)17-22-15-19-14-20(28)5-7-23(19)30(22)11-4-12-37(3,34)35/h5-9,11,13-16H,3-4,12,17H2,1-2H3;5-10,13-16H,4,11-12,17H2,1-3H3;5-10,13-16H,4,11-12,17H2,1-3H3. The van der Waals surface area contributed by atoms with Crippen molar-refractivity contribution in [3.63, 3.8) is 0 Å². The van der Waals surface area contributed by atoms with Crippen molar-refractivity contribution in [3.05, 3.63) is 258 Å². The van der Waals surface area contributed by atoms with Crippen molar-refractivity contribution in [1.82, 2.24) is 56.1 Å². The van der Waals surface area contributed by atoms with Crippen molar-refractivity contribution in [2.24, 2.45) is 0 Å². The number of halogens is 3. The van der Waals surface area contributed by atoms with Gasteiger partial charge in [-0.1, -0.05) is 34.8 Å². The van der Waals surface area contributed by atoms with Crippen LogP contribution in [0.4, 0.5) is 0 Å². The van der Waals surface area contributed by atoms with Crippen LogP contribution in [-0.2, 0) is 58.9 Å². The average Bonchev–Trinajstić information content (AvgIpc) is 1.61. The fraction of sp³-hybridized carbons (Fsp3) is 0.247. The number of imidazole rings is 3. The number of ether oxygens (including phenoxy) is 4. The molecular weight excluding hydrogens is 1500 g/mol. The first-order chi connectivity index (χ1) is 52.9. The van der Waals surface area contributed by atoms with Crippen LogP contribution >= 0.6 is 34.8 Å². The van der Waals surface area contributed by atoms with Crippen LogP contribution in [0.5, 0.6) is 23.0 Å². The summed E-state index contributed by atoms with van der Waals surface area (Å²) in [6.07, 6.45) is 14.7. The van der Waals surface area contributed by atoms with Crippen LogP contribution < -0.4 is 36.0 Å². The number of aryl methyl sites for hydroxylation is 5. The largest absolute Gasteiger partial charge is 0.496 e. The number of rotatable bonds is 24. The van der Waals surface area contributed by atoms with Gasteiger partial charge in [-0.05, 0) is 184 Å². The van der Waals surface area contributed by atoms with Crippen LogP contribution in [0.1, 0.15) is 53.9 Å². The number of aromatic nitrogens is 12. The van der Waals surface area contributed by atoms with Gasteiger partial charge in [-0.15, -0.1) is 0 Å². The Morgan fingerprint density at radius 1 is 0.382 bits per heavy atom. The molecule has 0 atom stereocenters. The van der Waals surface area contributed by atoms with Gasteiger partial charge in [0, 0.05) is 128 Å². The van der Waals surface area contributed by atoms with Gasteiger partial charge in [0.15, 0.2) is 11.5 Å². The van der Waals surface area contributed by atoms with E-state index in [-0.39, 0.29) is 41.7 Å². The molecule has 24 nitrogen and oxygen atoms in total. The normalized spacial score (nSPS) is 11.7. The van der Waals surface area contributed by atoms with Crippen molar-refractivity contribution in [2.75, 3.05) is 52.5 Å². The Morgan fingerprint density at radius 3 is 1.03 bits per heavy atom. The topological polar surface area (TPSA) is 263 Å². The number of methoxy groups -OCH3 is 4. The lowest BCUT2D eigenvalue weighted by molar-refractivity contribution is 0.355. The molecule has 0 N–H and O–H groups in total. The highest BCUT2D eigenvalue weighted by Crippen LogP contribution is 2.34. The van der Waals surface area contributed by atoms with Gasteiger partial charge in [-0.3, -0.25) is 42.4 Å². The summed E-state index contributed by atoms with van der Waals surface area (Å²) in [5, 5.41) is 13.8. The van der Waals surface area contributed by atoms with E-state index in [4.69, 9.17) is 59.0 Å². The van der Waals surface area contributed by atoms with E-state index in [1.54, 1.807) is 123 Å². The van der Waals surface area contributed by atoms with Gasteiger partial charge >= 0.3 is 17.1 Å². The van der Waals surface area contributed by atoms with Crippen molar-refractivity contribution >= 4 is 120 Å². The van der Waals surface area contributed by atoms with Crippen molar-refractivity contribution in [1.29, 1.82) is 5.26 Å². The third-order valence-electron chi connectivity index (χ3n) is 19.4. The quantitative estimate of drug-likeness (QED) is 0.0509. The molecule has 0 aliphatic carbocycles. The second kappa shape index (κ2) is 32.5. The molecule has 0 saturated carbocycles.